The molecule has 82 valence electrons. The molecule has 0 radical (unpaired) electrons. The molecule has 2 rings (SSSR count). The summed E-state index contributed by atoms with van der Waals surface area (Å²) < 4.78 is 5.55. The van der Waals surface area contributed by atoms with Crippen molar-refractivity contribution < 1.29 is 4.74 Å². The van der Waals surface area contributed by atoms with E-state index in [1.54, 1.807) is 0 Å². The fourth-order valence-corrected chi connectivity index (χ4v) is 2.64. The Morgan fingerprint density at radius 3 is 2.57 bits per heavy atom. The summed E-state index contributed by atoms with van der Waals surface area (Å²) in [6.45, 7) is 5.30. The van der Waals surface area contributed by atoms with Gasteiger partial charge in [0, 0.05) is 25.2 Å². The van der Waals surface area contributed by atoms with Gasteiger partial charge in [0.1, 0.15) is 0 Å². The molecule has 3 heteroatoms. The van der Waals surface area contributed by atoms with Crippen LogP contribution in [0.4, 0.5) is 0 Å². The van der Waals surface area contributed by atoms with Gasteiger partial charge in [-0.15, -0.1) is 0 Å². The van der Waals surface area contributed by atoms with Gasteiger partial charge in [-0.25, -0.2) is 0 Å². The molecule has 0 amide bonds. The number of nitrogens with two attached hydrogens (primary N) is 1. The number of hydrogen-bond acceptors (Lipinski definition) is 3. The molecule has 0 spiro atoms. The number of morpholine rings is 1. The first-order chi connectivity index (χ1) is 6.75. The smallest absolute Gasteiger partial charge is 0.0674 e. The molecule has 1 saturated heterocycles. The summed E-state index contributed by atoms with van der Waals surface area (Å²) in [5.41, 5.74) is 5.91. The van der Waals surface area contributed by atoms with Gasteiger partial charge in [-0.05, 0) is 32.6 Å². The van der Waals surface area contributed by atoms with E-state index in [9.17, 15) is 0 Å². The molecule has 14 heavy (non-hydrogen) atoms. The van der Waals surface area contributed by atoms with Crippen molar-refractivity contribution in [2.24, 2.45) is 5.73 Å². The molecule has 0 aromatic carbocycles. The summed E-state index contributed by atoms with van der Waals surface area (Å²) in [7, 11) is 0. The van der Waals surface area contributed by atoms with Gasteiger partial charge < -0.3 is 10.5 Å². The molecule has 2 N–H and O–H groups in total. The minimum atomic E-state index is 0.416. The van der Waals surface area contributed by atoms with E-state index in [1.807, 2.05) is 0 Å². The van der Waals surface area contributed by atoms with Crippen molar-refractivity contribution in [3.8, 4) is 0 Å². The SMILES string of the molecule is CC1CN(C2CCC(N)CC2)CCO1. The van der Waals surface area contributed by atoms with Crippen molar-refractivity contribution in [1.29, 1.82) is 0 Å². The van der Waals surface area contributed by atoms with Crippen LogP contribution in [0.5, 0.6) is 0 Å². The molecule has 0 aromatic heterocycles. The van der Waals surface area contributed by atoms with Crippen molar-refractivity contribution in [3.63, 3.8) is 0 Å². The Labute approximate surface area is 86.6 Å². The lowest BCUT2D eigenvalue weighted by molar-refractivity contribution is -0.0398. The van der Waals surface area contributed by atoms with Gasteiger partial charge in [0.25, 0.3) is 0 Å². The third-order valence-electron chi connectivity index (χ3n) is 3.53. The summed E-state index contributed by atoms with van der Waals surface area (Å²) in [6.07, 6.45) is 5.40. The van der Waals surface area contributed by atoms with E-state index in [0.717, 1.165) is 25.7 Å². The number of ether oxygens (including phenoxy) is 1. The molecule has 1 atom stereocenters. The zero-order valence-electron chi connectivity index (χ0n) is 9.11. The predicted octanol–water partition coefficient (Wildman–Crippen LogP) is 0.977. The van der Waals surface area contributed by atoms with Crippen LogP contribution in [0.3, 0.4) is 0 Å². The standard InChI is InChI=1S/C11H22N2O/c1-9-8-13(6-7-14-9)11-4-2-10(12)3-5-11/h9-11H,2-8,12H2,1H3. The van der Waals surface area contributed by atoms with E-state index in [2.05, 4.69) is 11.8 Å². The Balaban J connectivity index is 1.82. The van der Waals surface area contributed by atoms with Crippen LogP contribution in [-0.2, 0) is 4.74 Å². The highest BCUT2D eigenvalue weighted by Crippen LogP contribution is 2.23. The lowest BCUT2D eigenvalue weighted by Gasteiger charge is -2.40. The molecule has 3 nitrogen and oxygen atoms in total. The largest absolute Gasteiger partial charge is 0.376 e. The summed E-state index contributed by atoms with van der Waals surface area (Å²) >= 11 is 0. The van der Waals surface area contributed by atoms with Gasteiger partial charge >= 0.3 is 0 Å². The lowest BCUT2D eigenvalue weighted by atomic mass is 9.90. The zero-order chi connectivity index (χ0) is 9.97. The highest BCUT2D eigenvalue weighted by atomic mass is 16.5. The minimum absolute atomic E-state index is 0.416. The van der Waals surface area contributed by atoms with Gasteiger partial charge in [-0.2, -0.15) is 0 Å². The van der Waals surface area contributed by atoms with E-state index < -0.39 is 0 Å². The molecule has 1 heterocycles. The van der Waals surface area contributed by atoms with Crippen LogP contribution in [0.25, 0.3) is 0 Å². The van der Waals surface area contributed by atoms with Crippen LogP contribution in [-0.4, -0.2) is 42.8 Å². The van der Waals surface area contributed by atoms with Crippen LogP contribution in [0.2, 0.25) is 0 Å². The zero-order valence-corrected chi connectivity index (χ0v) is 9.11. The van der Waals surface area contributed by atoms with Crippen LogP contribution < -0.4 is 5.73 Å². The molecule has 1 unspecified atom stereocenters. The van der Waals surface area contributed by atoms with Crippen LogP contribution in [0, 0.1) is 0 Å². The van der Waals surface area contributed by atoms with Gasteiger partial charge in [0.05, 0.1) is 12.7 Å². The summed E-state index contributed by atoms with van der Waals surface area (Å²) in [4.78, 5) is 2.60. The molecular formula is C11H22N2O. The third kappa shape index (κ3) is 2.47. The van der Waals surface area contributed by atoms with Crippen molar-refractivity contribution in [2.45, 2.75) is 50.8 Å². The van der Waals surface area contributed by atoms with E-state index in [0.29, 0.717) is 12.1 Å². The second-order valence-electron chi connectivity index (χ2n) is 4.74. The maximum absolute atomic E-state index is 5.91. The number of rotatable bonds is 1. The fraction of sp³-hybridized carbons (Fsp3) is 1.00. The average Bonchev–Trinajstić information content (AvgIpc) is 2.19. The van der Waals surface area contributed by atoms with Gasteiger partial charge in [0.15, 0.2) is 0 Å². The Hall–Kier alpha value is -0.120. The van der Waals surface area contributed by atoms with Crippen molar-refractivity contribution >= 4 is 0 Å². The normalized spacial score (nSPS) is 41.1. The maximum Gasteiger partial charge on any atom is 0.0674 e. The van der Waals surface area contributed by atoms with Crippen LogP contribution in [0.15, 0.2) is 0 Å². The Morgan fingerprint density at radius 2 is 1.93 bits per heavy atom. The Kier molecular flexibility index (Phi) is 3.42. The third-order valence-corrected chi connectivity index (χ3v) is 3.53. The number of hydrogen-bond donors (Lipinski definition) is 1. The molecule has 2 aliphatic rings. The van der Waals surface area contributed by atoms with Gasteiger partial charge in [-0.1, -0.05) is 0 Å². The summed E-state index contributed by atoms with van der Waals surface area (Å²) in [5.74, 6) is 0. The molecular weight excluding hydrogens is 176 g/mol. The first-order valence-corrected chi connectivity index (χ1v) is 5.87. The van der Waals surface area contributed by atoms with Crippen LogP contribution in [0.1, 0.15) is 32.6 Å². The Morgan fingerprint density at radius 1 is 1.21 bits per heavy atom. The van der Waals surface area contributed by atoms with E-state index in [4.69, 9.17) is 10.5 Å². The molecule has 2 fully saturated rings. The molecule has 1 aliphatic heterocycles. The average molecular weight is 198 g/mol. The van der Waals surface area contributed by atoms with E-state index in [-0.39, 0.29) is 0 Å². The van der Waals surface area contributed by atoms with E-state index >= 15 is 0 Å². The molecule has 1 aliphatic carbocycles. The second-order valence-corrected chi connectivity index (χ2v) is 4.74. The van der Waals surface area contributed by atoms with Crippen molar-refractivity contribution in [1.82, 2.24) is 4.90 Å². The maximum atomic E-state index is 5.91. The first kappa shape index (κ1) is 10.4. The van der Waals surface area contributed by atoms with Gasteiger partial charge in [0.2, 0.25) is 0 Å². The monoisotopic (exact) mass is 198 g/mol. The quantitative estimate of drug-likeness (QED) is 0.682. The molecule has 1 saturated carbocycles. The highest BCUT2D eigenvalue weighted by molar-refractivity contribution is 4.83. The van der Waals surface area contributed by atoms with Crippen molar-refractivity contribution in [2.75, 3.05) is 19.7 Å². The second kappa shape index (κ2) is 4.60. The summed E-state index contributed by atoms with van der Waals surface area (Å²) in [5, 5.41) is 0. The van der Waals surface area contributed by atoms with Gasteiger partial charge in [-0.3, -0.25) is 4.90 Å². The topological polar surface area (TPSA) is 38.5 Å². The summed E-state index contributed by atoms with van der Waals surface area (Å²) in [6, 6.07) is 1.24. The minimum Gasteiger partial charge on any atom is -0.376 e. The van der Waals surface area contributed by atoms with Crippen LogP contribution >= 0.6 is 0 Å². The molecule has 0 aromatic rings. The van der Waals surface area contributed by atoms with Crippen molar-refractivity contribution in [3.05, 3.63) is 0 Å². The lowest BCUT2D eigenvalue weighted by Crippen LogP contribution is -2.48. The first-order valence-electron chi connectivity index (χ1n) is 5.87. The fourth-order valence-electron chi connectivity index (χ4n) is 2.64. The predicted molar refractivity (Wildman–Crippen MR) is 57.2 cm³/mol. The Bertz CT molecular complexity index is 178. The molecule has 0 bridgehead atoms. The number of nitrogens with zero attached hydrogens (tertiary/aromatic N) is 1. The highest BCUT2D eigenvalue weighted by Gasteiger charge is 2.27. The van der Waals surface area contributed by atoms with E-state index in [1.165, 1.54) is 25.7 Å².